The summed E-state index contributed by atoms with van der Waals surface area (Å²) in [6, 6.07) is 22.1. The first-order chi connectivity index (χ1) is 17.3. The van der Waals surface area contributed by atoms with Crippen molar-refractivity contribution in [3.63, 3.8) is 0 Å². The van der Waals surface area contributed by atoms with Crippen LogP contribution in [0.4, 0.5) is 5.69 Å². The number of nitrogens with two attached hydrogens (primary N) is 1. The average molecular weight is 474 g/mol. The van der Waals surface area contributed by atoms with Crippen LogP contribution in [0.5, 0.6) is 0 Å². The normalized spacial score (nSPS) is 11.4. The van der Waals surface area contributed by atoms with Gasteiger partial charge in [-0.25, -0.2) is 9.59 Å². The van der Waals surface area contributed by atoms with Crippen LogP contribution in [-0.2, 0) is 0 Å². The number of nitrogen functional groups attached to an aromatic ring is 1. The fraction of sp³-hybridized carbons (Fsp3) is 0. The van der Waals surface area contributed by atoms with Crippen LogP contribution in [0.3, 0.4) is 0 Å². The molecule has 1 aromatic heterocycles. The molecule has 0 aliphatic rings. The molecule has 0 aliphatic heterocycles. The Morgan fingerprint density at radius 1 is 0.667 bits per heavy atom. The molecule has 36 heavy (non-hydrogen) atoms. The van der Waals surface area contributed by atoms with E-state index < -0.39 is 11.9 Å². The van der Waals surface area contributed by atoms with Crippen molar-refractivity contribution >= 4 is 61.1 Å². The van der Waals surface area contributed by atoms with Gasteiger partial charge in [-0.3, -0.25) is 0 Å². The zero-order valence-electron chi connectivity index (χ0n) is 18.7. The minimum Gasteiger partial charge on any atom is -0.478 e. The summed E-state index contributed by atoms with van der Waals surface area (Å²) < 4.78 is 6.52. The van der Waals surface area contributed by atoms with Gasteiger partial charge in [0.1, 0.15) is 11.2 Å². The molecule has 1 heterocycles. The number of nitrogens with one attached hydrogen (secondary N) is 1. The van der Waals surface area contributed by atoms with Crippen LogP contribution in [0, 0.1) is 5.41 Å². The third kappa shape index (κ3) is 3.10. The number of aromatic carboxylic acids is 2. The third-order valence-corrected chi connectivity index (χ3v) is 6.48. The van der Waals surface area contributed by atoms with Crippen LogP contribution in [0.15, 0.2) is 83.3 Å². The van der Waals surface area contributed by atoms with E-state index in [1.807, 2.05) is 24.3 Å². The van der Waals surface area contributed by atoms with Crippen molar-refractivity contribution in [1.82, 2.24) is 0 Å². The van der Waals surface area contributed by atoms with Crippen molar-refractivity contribution in [2.45, 2.75) is 0 Å². The number of rotatable bonds is 3. The van der Waals surface area contributed by atoms with Crippen LogP contribution >= 0.6 is 0 Å². The summed E-state index contributed by atoms with van der Waals surface area (Å²) in [5, 5.41) is 32.6. The Bertz CT molecular complexity index is 1960. The van der Waals surface area contributed by atoms with Gasteiger partial charge in [-0.15, -0.1) is 0 Å². The predicted octanol–water partition coefficient (Wildman–Crippen LogP) is 6.02. The lowest BCUT2D eigenvalue weighted by Gasteiger charge is -2.17. The van der Waals surface area contributed by atoms with E-state index in [-0.39, 0.29) is 16.7 Å². The number of benzene rings is 5. The van der Waals surface area contributed by atoms with Crippen LogP contribution in [0.2, 0.25) is 0 Å². The second-order valence-corrected chi connectivity index (χ2v) is 8.62. The van der Waals surface area contributed by atoms with E-state index >= 15 is 0 Å². The highest BCUT2D eigenvalue weighted by atomic mass is 16.4. The van der Waals surface area contributed by atoms with E-state index in [0.717, 1.165) is 21.5 Å². The topological polar surface area (TPSA) is 138 Å². The lowest BCUT2D eigenvalue weighted by atomic mass is 9.88. The second kappa shape index (κ2) is 7.68. The van der Waals surface area contributed by atoms with Gasteiger partial charge >= 0.3 is 11.9 Å². The fourth-order valence-electron chi connectivity index (χ4n) is 4.93. The monoisotopic (exact) mass is 474 g/mol. The van der Waals surface area contributed by atoms with Crippen LogP contribution < -0.4 is 11.1 Å². The zero-order valence-corrected chi connectivity index (χ0v) is 18.7. The van der Waals surface area contributed by atoms with E-state index in [0.29, 0.717) is 38.5 Å². The molecule has 0 spiro atoms. The van der Waals surface area contributed by atoms with Crippen molar-refractivity contribution in [2.75, 3.05) is 5.73 Å². The molecular formula is C29H18N2O5. The van der Waals surface area contributed by atoms with E-state index in [2.05, 4.69) is 0 Å². The molecule has 7 heteroatoms. The van der Waals surface area contributed by atoms with E-state index in [1.165, 1.54) is 18.2 Å². The standard InChI is InChI=1S/C29H18N2O5/c30-16-6-10-18-14(12-16)4-8-20-24(25-22(28(32)33)2-1-3-23(25)29(34)35)21-9-5-15-13-17(31)7-11-19(15)27(21)36-26(18)20/h1-13,30H,31H2,(H,32,33)(H,34,35). The number of carboxylic acids is 2. The molecule has 0 fully saturated rings. The van der Waals surface area contributed by atoms with Gasteiger partial charge in [-0.1, -0.05) is 18.2 Å². The molecule has 174 valence electrons. The van der Waals surface area contributed by atoms with Gasteiger partial charge in [0.05, 0.1) is 16.5 Å². The highest BCUT2D eigenvalue weighted by molar-refractivity contribution is 6.22. The number of fused-ring (bicyclic) bond motifs is 6. The lowest BCUT2D eigenvalue weighted by Crippen LogP contribution is -2.07. The minimum atomic E-state index is -1.23. The molecule has 0 unspecified atom stereocenters. The van der Waals surface area contributed by atoms with Crippen molar-refractivity contribution in [1.29, 1.82) is 5.41 Å². The molecular weight excluding hydrogens is 456 g/mol. The summed E-state index contributed by atoms with van der Waals surface area (Å²) in [6.45, 7) is 0. The average Bonchev–Trinajstić information content (AvgIpc) is 2.86. The Morgan fingerprint density at radius 3 is 1.78 bits per heavy atom. The highest BCUT2D eigenvalue weighted by Crippen LogP contribution is 2.43. The van der Waals surface area contributed by atoms with Crippen LogP contribution in [0.1, 0.15) is 20.7 Å². The van der Waals surface area contributed by atoms with E-state index in [4.69, 9.17) is 15.6 Å². The van der Waals surface area contributed by atoms with Gasteiger partial charge in [0.2, 0.25) is 0 Å². The first-order valence-electron chi connectivity index (χ1n) is 11.1. The summed E-state index contributed by atoms with van der Waals surface area (Å²) in [7, 11) is 0. The molecule has 0 atom stereocenters. The summed E-state index contributed by atoms with van der Waals surface area (Å²) in [4.78, 5) is 24.6. The first kappa shape index (κ1) is 21.4. The molecule has 0 bridgehead atoms. The Kier molecular flexibility index (Phi) is 4.56. The molecule has 0 amide bonds. The minimum absolute atomic E-state index is 0.106. The Labute approximate surface area is 203 Å². The Morgan fingerprint density at radius 2 is 1.19 bits per heavy atom. The van der Waals surface area contributed by atoms with Crippen molar-refractivity contribution in [2.24, 2.45) is 0 Å². The van der Waals surface area contributed by atoms with Crippen molar-refractivity contribution < 1.29 is 24.2 Å². The Hall–Kier alpha value is -5.17. The molecule has 6 rings (SSSR count). The third-order valence-electron chi connectivity index (χ3n) is 6.48. The van der Waals surface area contributed by atoms with Crippen molar-refractivity contribution in [3.05, 3.63) is 95.3 Å². The maximum Gasteiger partial charge on any atom is 0.336 e. The summed E-state index contributed by atoms with van der Waals surface area (Å²) in [6.07, 6.45) is 0. The van der Waals surface area contributed by atoms with Gasteiger partial charge in [-0.05, 0) is 71.4 Å². The van der Waals surface area contributed by atoms with Gasteiger partial charge in [-0.2, -0.15) is 0 Å². The molecule has 7 nitrogen and oxygen atoms in total. The summed E-state index contributed by atoms with van der Waals surface area (Å²) in [5.41, 5.74) is 7.85. The van der Waals surface area contributed by atoms with Crippen LogP contribution in [0.25, 0.3) is 54.6 Å². The quantitative estimate of drug-likeness (QED) is 0.141. The lowest BCUT2D eigenvalue weighted by molar-refractivity contribution is 0.0696. The summed E-state index contributed by atoms with van der Waals surface area (Å²) in [5.74, 6) is -2.47. The maximum atomic E-state index is 12.3. The van der Waals surface area contributed by atoms with Crippen molar-refractivity contribution in [3.8, 4) is 11.1 Å². The molecule has 5 N–H and O–H groups in total. The Balaban J connectivity index is 1.93. The van der Waals surface area contributed by atoms with Gasteiger partial charge < -0.3 is 25.8 Å². The van der Waals surface area contributed by atoms with Crippen LogP contribution in [-0.4, -0.2) is 22.2 Å². The number of anilines is 1. The van der Waals surface area contributed by atoms with E-state index in [9.17, 15) is 19.8 Å². The smallest absolute Gasteiger partial charge is 0.336 e. The number of hydrogen-bond acceptors (Lipinski definition) is 5. The van der Waals surface area contributed by atoms with Gasteiger partial charge in [0.25, 0.3) is 0 Å². The second-order valence-electron chi connectivity index (χ2n) is 8.62. The zero-order chi connectivity index (χ0) is 25.1. The highest BCUT2D eigenvalue weighted by Gasteiger charge is 2.25. The van der Waals surface area contributed by atoms with Gasteiger partial charge in [0, 0.05) is 38.4 Å². The van der Waals surface area contributed by atoms with E-state index in [1.54, 1.807) is 36.4 Å². The number of carbonyl (C=O) groups is 2. The maximum absolute atomic E-state index is 12.3. The molecule has 0 saturated carbocycles. The fourth-order valence-corrected chi connectivity index (χ4v) is 4.93. The van der Waals surface area contributed by atoms with Gasteiger partial charge in [0.15, 0.2) is 0 Å². The molecule has 0 saturated heterocycles. The largest absolute Gasteiger partial charge is 0.478 e. The number of hydrogen-bond donors (Lipinski definition) is 4. The summed E-state index contributed by atoms with van der Waals surface area (Å²) >= 11 is 0. The SMILES string of the molecule is N=c1ccc2c(ccc3c(-c4c(C(=O)O)cccc4C(=O)O)c4ccc5cc(N)ccc5c4oc32)c1. The molecule has 0 aliphatic carbocycles. The predicted molar refractivity (Wildman–Crippen MR) is 138 cm³/mol. The molecule has 6 aromatic rings. The molecule has 5 aromatic carbocycles. The number of carboxylic acid groups (broad SMARTS) is 2. The molecule has 0 radical (unpaired) electrons. The first-order valence-corrected chi connectivity index (χ1v) is 11.1.